The Morgan fingerprint density at radius 1 is 1.47 bits per heavy atom. The summed E-state index contributed by atoms with van der Waals surface area (Å²) in [6.45, 7) is 0.870. The summed E-state index contributed by atoms with van der Waals surface area (Å²) in [6, 6.07) is 0. The van der Waals surface area contributed by atoms with Gasteiger partial charge < -0.3 is 10.3 Å². The van der Waals surface area contributed by atoms with Crippen molar-refractivity contribution in [2.75, 3.05) is 5.73 Å². The van der Waals surface area contributed by atoms with E-state index in [0.29, 0.717) is 22.7 Å². The highest BCUT2D eigenvalue weighted by atomic mass is 35.5. The number of imidazole rings is 1. The van der Waals surface area contributed by atoms with Crippen LogP contribution in [0.5, 0.6) is 0 Å². The molecule has 6 heteroatoms. The molecular weight excluding hydrogens is 214 g/mol. The second-order valence-corrected chi connectivity index (χ2v) is 4.22. The zero-order chi connectivity index (χ0) is 10.4. The Labute approximate surface area is 91.3 Å². The number of nitrogens with zero attached hydrogens (tertiary/aromatic N) is 4. The van der Waals surface area contributed by atoms with Crippen LogP contribution in [0, 0.1) is 5.92 Å². The van der Waals surface area contributed by atoms with Crippen LogP contribution in [0.1, 0.15) is 12.8 Å². The Bertz CT molecular complexity index is 516. The Morgan fingerprint density at radius 2 is 2.27 bits per heavy atom. The molecule has 78 valence electrons. The minimum absolute atomic E-state index is 0.421. The first-order chi connectivity index (χ1) is 7.25. The smallest absolute Gasteiger partial charge is 0.202 e. The molecule has 0 atom stereocenters. The number of hydrogen-bond donors (Lipinski definition) is 1. The number of rotatable bonds is 2. The van der Waals surface area contributed by atoms with Gasteiger partial charge in [-0.3, -0.25) is 0 Å². The Balaban J connectivity index is 2.20. The van der Waals surface area contributed by atoms with Gasteiger partial charge in [0.15, 0.2) is 10.8 Å². The van der Waals surface area contributed by atoms with Gasteiger partial charge in [-0.2, -0.15) is 4.98 Å². The highest BCUT2D eigenvalue weighted by Gasteiger charge is 2.24. The molecule has 2 aromatic rings. The second kappa shape index (κ2) is 3.06. The summed E-state index contributed by atoms with van der Waals surface area (Å²) in [5.41, 5.74) is 7.15. The zero-order valence-electron chi connectivity index (χ0n) is 8.02. The average molecular weight is 224 g/mol. The summed E-state index contributed by atoms with van der Waals surface area (Å²) in [5.74, 6) is 1.18. The average Bonchev–Trinajstić information content (AvgIpc) is 2.93. The molecular formula is C9H10ClN5. The van der Waals surface area contributed by atoms with Crippen LogP contribution >= 0.6 is 11.6 Å². The predicted molar refractivity (Wildman–Crippen MR) is 57.5 cm³/mol. The van der Waals surface area contributed by atoms with Crippen molar-refractivity contribution < 1.29 is 0 Å². The number of nitrogen functional groups attached to an aromatic ring is 1. The quantitative estimate of drug-likeness (QED) is 0.783. The van der Waals surface area contributed by atoms with Crippen molar-refractivity contribution in [2.45, 2.75) is 19.4 Å². The van der Waals surface area contributed by atoms with Crippen molar-refractivity contribution in [2.24, 2.45) is 5.92 Å². The minimum atomic E-state index is 0.421. The third-order valence-electron chi connectivity index (χ3n) is 2.66. The first kappa shape index (κ1) is 8.91. The standard InChI is InChI=1S/C9H10ClN5/c10-7-6-8(13-4-12-7)14-9(11)15(6)3-5-1-2-5/h4-5H,1-3H2,(H2,11,12,13,14). The van der Waals surface area contributed by atoms with Gasteiger partial charge in [0.05, 0.1) is 0 Å². The maximum Gasteiger partial charge on any atom is 0.202 e. The second-order valence-electron chi connectivity index (χ2n) is 3.86. The maximum atomic E-state index is 6.01. The highest BCUT2D eigenvalue weighted by Crippen LogP contribution is 2.33. The van der Waals surface area contributed by atoms with E-state index in [2.05, 4.69) is 15.0 Å². The number of halogens is 1. The maximum absolute atomic E-state index is 6.01. The van der Waals surface area contributed by atoms with Crippen LogP contribution in [0.3, 0.4) is 0 Å². The van der Waals surface area contributed by atoms with Gasteiger partial charge >= 0.3 is 0 Å². The number of anilines is 1. The largest absolute Gasteiger partial charge is 0.369 e. The van der Waals surface area contributed by atoms with Crippen LogP contribution in [0.15, 0.2) is 6.33 Å². The summed E-state index contributed by atoms with van der Waals surface area (Å²) in [7, 11) is 0. The molecule has 1 aliphatic rings. The van der Waals surface area contributed by atoms with E-state index in [0.717, 1.165) is 12.1 Å². The fourth-order valence-electron chi connectivity index (χ4n) is 1.69. The Kier molecular flexibility index (Phi) is 1.82. The summed E-state index contributed by atoms with van der Waals surface area (Å²) in [5, 5.41) is 0.421. The third-order valence-corrected chi connectivity index (χ3v) is 2.94. The third kappa shape index (κ3) is 1.43. The monoisotopic (exact) mass is 223 g/mol. The van der Waals surface area contributed by atoms with Crippen molar-refractivity contribution in [1.82, 2.24) is 19.5 Å². The molecule has 0 saturated heterocycles. The molecule has 0 aliphatic heterocycles. The van der Waals surface area contributed by atoms with E-state index in [9.17, 15) is 0 Å². The van der Waals surface area contributed by atoms with Crippen LogP contribution in [0.2, 0.25) is 5.15 Å². The summed E-state index contributed by atoms with van der Waals surface area (Å²) >= 11 is 6.01. The molecule has 0 unspecified atom stereocenters. The van der Waals surface area contributed by atoms with Gasteiger partial charge in [0.1, 0.15) is 11.8 Å². The normalized spacial score (nSPS) is 16.1. The van der Waals surface area contributed by atoms with Crippen LogP contribution in [-0.4, -0.2) is 19.5 Å². The molecule has 2 N–H and O–H groups in total. The lowest BCUT2D eigenvalue weighted by Crippen LogP contribution is -2.05. The molecule has 0 amide bonds. The fraction of sp³-hybridized carbons (Fsp3) is 0.444. The van der Waals surface area contributed by atoms with E-state index in [4.69, 9.17) is 17.3 Å². The van der Waals surface area contributed by atoms with E-state index in [-0.39, 0.29) is 0 Å². The van der Waals surface area contributed by atoms with Gasteiger partial charge in [-0.15, -0.1) is 0 Å². The molecule has 1 fully saturated rings. The molecule has 0 bridgehead atoms. The Morgan fingerprint density at radius 3 is 3.00 bits per heavy atom. The van der Waals surface area contributed by atoms with Crippen molar-refractivity contribution in [3.05, 3.63) is 11.5 Å². The number of hydrogen-bond acceptors (Lipinski definition) is 4. The van der Waals surface area contributed by atoms with Crippen LogP contribution in [-0.2, 0) is 6.54 Å². The molecule has 1 aliphatic carbocycles. The molecule has 1 saturated carbocycles. The van der Waals surface area contributed by atoms with Crippen LogP contribution in [0.4, 0.5) is 5.95 Å². The molecule has 5 nitrogen and oxygen atoms in total. The lowest BCUT2D eigenvalue weighted by atomic mass is 10.4. The van der Waals surface area contributed by atoms with E-state index in [1.807, 2.05) is 4.57 Å². The van der Waals surface area contributed by atoms with Gasteiger partial charge in [-0.25, -0.2) is 9.97 Å². The van der Waals surface area contributed by atoms with Crippen molar-refractivity contribution in [1.29, 1.82) is 0 Å². The van der Waals surface area contributed by atoms with Gasteiger partial charge in [0.2, 0.25) is 5.95 Å². The molecule has 2 heterocycles. The zero-order valence-corrected chi connectivity index (χ0v) is 8.78. The fourth-order valence-corrected chi connectivity index (χ4v) is 1.92. The van der Waals surface area contributed by atoms with E-state index in [1.54, 1.807) is 0 Å². The van der Waals surface area contributed by atoms with Gasteiger partial charge in [0, 0.05) is 6.54 Å². The van der Waals surface area contributed by atoms with Gasteiger partial charge in [-0.05, 0) is 18.8 Å². The van der Waals surface area contributed by atoms with Gasteiger partial charge in [-0.1, -0.05) is 11.6 Å². The van der Waals surface area contributed by atoms with E-state index < -0.39 is 0 Å². The molecule has 0 aromatic carbocycles. The van der Waals surface area contributed by atoms with E-state index >= 15 is 0 Å². The number of nitrogens with two attached hydrogens (primary N) is 1. The minimum Gasteiger partial charge on any atom is -0.369 e. The van der Waals surface area contributed by atoms with Crippen molar-refractivity contribution >= 4 is 28.7 Å². The van der Waals surface area contributed by atoms with Gasteiger partial charge in [0.25, 0.3) is 0 Å². The molecule has 0 spiro atoms. The first-order valence-electron chi connectivity index (χ1n) is 4.88. The lowest BCUT2D eigenvalue weighted by Gasteiger charge is -2.04. The number of aromatic nitrogens is 4. The predicted octanol–water partition coefficient (Wildman–Crippen LogP) is 1.47. The SMILES string of the molecule is Nc1nc2ncnc(Cl)c2n1CC1CC1. The molecule has 3 rings (SSSR count). The Hall–Kier alpha value is -1.36. The summed E-state index contributed by atoms with van der Waals surface area (Å²) in [4.78, 5) is 12.2. The number of fused-ring (bicyclic) bond motifs is 1. The van der Waals surface area contributed by atoms with Crippen LogP contribution < -0.4 is 5.73 Å². The summed E-state index contributed by atoms with van der Waals surface area (Å²) < 4.78 is 1.91. The van der Waals surface area contributed by atoms with Crippen molar-refractivity contribution in [3.8, 4) is 0 Å². The first-order valence-corrected chi connectivity index (χ1v) is 5.25. The van der Waals surface area contributed by atoms with Crippen molar-refractivity contribution in [3.63, 3.8) is 0 Å². The highest BCUT2D eigenvalue weighted by molar-refractivity contribution is 6.33. The topological polar surface area (TPSA) is 69.6 Å². The molecule has 2 aromatic heterocycles. The molecule has 0 radical (unpaired) electrons. The van der Waals surface area contributed by atoms with Crippen LogP contribution in [0.25, 0.3) is 11.2 Å². The van der Waals surface area contributed by atoms with E-state index in [1.165, 1.54) is 19.2 Å². The lowest BCUT2D eigenvalue weighted by molar-refractivity contribution is 0.650. The molecule has 15 heavy (non-hydrogen) atoms. The summed E-state index contributed by atoms with van der Waals surface area (Å²) in [6.07, 6.45) is 3.91.